The Bertz CT molecular complexity index is 1330. The van der Waals surface area contributed by atoms with Crippen molar-refractivity contribution in [3.8, 4) is 28.4 Å². The number of allylic oxidation sites excluding steroid dienone is 1. The van der Waals surface area contributed by atoms with Crippen LogP contribution in [-0.2, 0) is 0 Å². The minimum atomic E-state index is -1.06. The Balaban J connectivity index is 1.45. The maximum absolute atomic E-state index is 11.8. The largest absolute Gasteiger partial charge is 0.489 e. The van der Waals surface area contributed by atoms with Crippen molar-refractivity contribution in [1.29, 1.82) is 0 Å². The van der Waals surface area contributed by atoms with Gasteiger partial charge in [-0.3, -0.25) is 4.98 Å². The summed E-state index contributed by atoms with van der Waals surface area (Å²) in [5.74, 6) is 0.239. The summed E-state index contributed by atoms with van der Waals surface area (Å²) in [6.07, 6.45) is 7.09. The van der Waals surface area contributed by atoms with Crippen molar-refractivity contribution >= 4 is 11.8 Å². The highest BCUT2D eigenvalue weighted by molar-refractivity contribution is 5.92. The van der Waals surface area contributed by atoms with Gasteiger partial charge >= 0.3 is 5.97 Å². The van der Waals surface area contributed by atoms with Crippen LogP contribution >= 0.6 is 0 Å². The van der Waals surface area contributed by atoms with Gasteiger partial charge in [-0.25, -0.2) is 9.78 Å². The monoisotopic (exact) mass is 456 g/mol. The first-order valence-electron chi connectivity index (χ1n) is 10.6. The molecular weight excluding hydrogens is 432 g/mol. The van der Waals surface area contributed by atoms with E-state index >= 15 is 0 Å². The fourth-order valence-electron chi connectivity index (χ4n) is 3.42. The zero-order valence-corrected chi connectivity index (χ0v) is 18.8. The molecule has 0 unspecified atom stereocenters. The fourth-order valence-corrected chi connectivity index (χ4v) is 3.42. The van der Waals surface area contributed by atoms with Crippen molar-refractivity contribution in [2.24, 2.45) is 0 Å². The fraction of sp³-hybridized carbons (Fsp3) is 0.160. The second kappa shape index (κ2) is 9.95. The van der Waals surface area contributed by atoms with Crippen LogP contribution in [0.1, 0.15) is 29.0 Å². The van der Waals surface area contributed by atoms with Crippen LogP contribution < -0.4 is 10.5 Å². The smallest absolute Gasteiger partial charge is 0.339 e. The lowest BCUT2D eigenvalue weighted by atomic mass is 10.0. The van der Waals surface area contributed by atoms with Gasteiger partial charge in [0.05, 0.1) is 6.04 Å². The van der Waals surface area contributed by atoms with Crippen molar-refractivity contribution < 1.29 is 14.6 Å². The number of aromatic carboxylic acids is 1. The number of hydrogen-bond donors (Lipinski definition) is 2. The van der Waals surface area contributed by atoms with E-state index in [-0.39, 0.29) is 18.2 Å². The highest BCUT2D eigenvalue weighted by atomic mass is 16.5. The Morgan fingerprint density at radius 1 is 1.21 bits per heavy atom. The highest BCUT2D eigenvalue weighted by Crippen LogP contribution is 2.27. The van der Waals surface area contributed by atoms with Crippen LogP contribution in [0.5, 0.6) is 5.75 Å². The Hall–Kier alpha value is -4.53. The average Bonchev–Trinajstić information content (AvgIpc) is 3.32. The van der Waals surface area contributed by atoms with E-state index in [9.17, 15) is 9.90 Å². The minimum absolute atomic E-state index is 0.0906. The number of rotatable bonds is 8. The number of anilines is 1. The van der Waals surface area contributed by atoms with Crippen LogP contribution in [0.15, 0.2) is 73.2 Å². The molecule has 3 N–H and O–H groups in total. The van der Waals surface area contributed by atoms with Crippen LogP contribution in [0.3, 0.4) is 0 Å². The van der Waals surface area contributed by atoms with Gasteiger partial charge in [0.25, 0.3) is 0 Å². The third-order valence-corrected chi connectivity index (χ3v) is 5.22. The lowest BCUT2D eigenvalue weighted by Crippen LogP contribution is -2.06. The molecule has 4 rings (SSSR count). The van der Waals surface area contributed by atoms with Crippen LogP contribution in [0, 0.1) is 6.92 Å². The van der Waals surface area contributed by atoms with E-state index in [1.165, 1.54) is 0 Å². The number of pyridine rings is 2. The summed E-state index contributed by atoms with van der Waals surface area (Å²) in [7, 11) is 0. The van der Waals surface area contributed by atoms with Gasteiger partial charge in [0.2, 0.25) is 0 Å². The first-order valence-corrected chi connectivity index (χ1v) is 10.6. The maximum atomic E-state index is 11.8. The number of nitrogen functional groups attached to an aromatic ring is 1. The molecule has 0 amide bonds. The number of aromatic nitrogens is 5. The lowest BCUT2D eigenvalue weighted by Gasteiger charge is -2.12. The number of ether oxygens (including phenoxy) is 1. The molecule has 0 saturated heterocycles. The van der Waals surface area contributed by atoms with Crippen molar-refractivity contribution in [2.45, 2.75) is 19.9 Å². The molecule has 0 spiro atoms. The Kier molecular flexibility index (Phi) is 6.63. The number of carbonyl (C=O) groups is 1. The number of carboxylic acid groups (broad SMARTS) is 1. The van der Waals surface area contributed by atoms with Gasteiger partial charge in [0.1, 0.15) is 35.8 Å². The van der Waals surface area contributed by atoms with Gasteiger partial charge < -0.3 is 20.1 Å². The van der Waals surface area contributed by atoms with E-state index in [1.54, 1.807) is 30.7 Å². The Labute approximate surface area is 196 Å². The summed E-state index contributed by atoms with van der Waals surface area (Å²) in [4.78, 5) is 20.4. The second-order valence-electron chi connectivity index (χ2n) is 7.69. The average molecular weight is 457 g/mol. The van der Waals surface area contributed by atoms with Crippen LogP contribution in [0.25, 0.3) is 22.6 Å². The van der Waals surface area contributed by atoms with Gasteiger partial charge in [0, 0.05) is 17.5 Å². The molecule has 0 fully saturated rings. The molecule has 172 valence electrons. The predicted molar refractivity (Wildman–Crippen MR) is 128 cm³/mol. The molecule has 0 radical (unpaired) electrons. The van der Waals surface area contributed by atoms with E-state index in [4.69, 9.17) is 10.5 Å². The molecular formula is C25H24N6O3. The van der Waals surface area contributed by atoms with E-state index in [2.05, 4.69) is 20.2 Å². The summed E-state index contributed by atoms with van der Waals surface area (Å²) >= 11 is 0. The zero-order valence-electron chi connectivity index (χ0n) is 18.8. The maximum Gasteiger partial charge on any atom is 0.339 e. The minimum Gasteiger partial charge on any atom is -0.489 e. The highest BCUT2D eigenvalue weighted by Gasteiger charge is 2.14. The van der Waals surface area contributed by atoms with E-state index in [0.29, 0.717) is 23.1 Å². The summed E-state index contributed by atoms with van der Waals surface area (Å²) in [6, 6.07) is 14.1. The van der Waals surface area contributed by atoms with E-state index in [1.807, 2.05) is 60.9 Å². The van der Waals surface area contributed by atoms with Gasteiger partial charge in [-0.05, 0) is 55.8 Å². The number of aryl methyl sites for hydroxylation is 1. The summed E-state index contributed by atoms with van der Waals surface area (Å²) in [5.41, 5.74) is 9.00. The number of carboxylic acids is 1. The molecule has 3 aromatic heterocycles. The van der Waals surface area contributed by atoms with Gasteiger partial charge in [-0.2, -0.15) is 0 Å². The molecule has 34 heavy (non-hydrogen) atoms. The first kappa shape index (κ1) is 22.7. The number of nitrogens with two attached hydrogens (primary N) is 1. The van der Waals surface area contributed by atoms with Crippen molar-refractivity contribution in [1.82, 2.24) is 24.7 Å². The topological polar surface area (TPSA) is 129 Å². The summed E-state index contributed by atoms with van der Waals surface area (Å²) < 4.78 is 7.62. The number of benzene rings is 1. The summed E-state index contributed by atoms with van der Waals surface area (Å²) in [6.45, 7) is 4.07. The van der Waals surface area contributed by atoms with Gasteiger partial charge in [-0.15, -0.1) is 10.2 Å². The van der Waals surface area contributed by atoms with Crippen molar-refractivity contribution in [3.63, 3.8) is 0 Å². The quantitative estimate of drug-likeness (QED) is 0.378. The number of nitrogens with zero attached hydrogens (tertiary/aromatic N) is 5. The third-order valence-electron chi connectivity index (χ3n) is 5.22. The van der Waals surface area contributed by atoms with E-state index < -0.39 is 5.97 Å². The zero-order chi connectivity index (χ0) is 24.1. The molecule has 3 heterocycles. The van der Waals surface area contributed by atoms with Gasteiger partial charge in [-0.1, -0.05) is 24.3 Å². The first-order chi connectivity index (χ1) is 16.4. The molecule has 1 aromatic carbocycles. The molecule has 0 aliphatic carbocycles. The number of hydrogen-bond acceptors (Lipinski definition) is 7. The molecule has 9 heteroatoms. The molecule has 4 aromatic rings. The molecule has 0 aliphatic rings. The Morgan fingerprint density at radius 3 is 2.76 bits per heavy atom. The van der Waals surface area contributed by atoms with Crippen molar-refractivity contribution in [2.75, 3.05) is 12.3 Å². The van der Waals surface area contributed by atoms with Crippen LogP contribution in [-0.4, -0.2) is 42.4 Å². The molecule has 9 nitrogen and oxygen atoms in total. The molecule has 0 aliphatic heterocycles. The SMILES string of the molecule is Cc1ccc(-c2ccc(OC/C=C/[C@H](C)n3cnnc3-c3cccc(N)n3)c(C(=O)O)c2)cn1. The molecule has 1 atom stereocenters. The normalized spacial score (nSPS) is 12.1. The van der Waals surface area contributed by atoms with E-state index in [0.717, 1.165) is 16.8 Å². The van der Waals surface area contributed by atoms with Crippen LogP contribution in [0.4, 0.5) is 5.82 Å². The Morgan fingerprint density at radius 2 is 2.03 bits per heavy atom. The van der Waals surface area contributed by atoms with Gasteiger partial charge in [0.15, 0.2) is 5.82 Å². The lowest BCUT2D eigenvalue weighted by molar-refractivity contribution is 0.0693. The van der Waals surface area contributed by atoms with Crippen molar-refractivity contribution in [3.05, 3.63) is 84.5 Å². The predicted octanol–water partition coefficient (Wildman–Crippen LogP) is 4.19. The molecule has 0 bridgehead atoms. The van der Waals surface area contributed by atoms with Crippen LogP contribution in [0.2, 0.25) is 0 Å². The molecule has 0 saturated carbocycles. The third kappa shape index (κ3) is 5.09. The standard InChI is InChI=1S/C25H24N6O3/c1-16-8-9-19(14-27-16)18-10-11-22(20(13-18)25(32)33)34-12-4-5-17(2)31-15-28-30-24(31)21-6-3-7-23(26)29-21/h3-11,13-15,17H,12H2,1-2H3,(H2,26,29)(H,32,33)/b5-4+/t17-/m0/s1. The second-order valence-corrected chi connectivity index (χ2v) is 7.69. The summed E-state index contributed by atoms with van der Waals surface area (Å²) in [5, 5.41) is 17.8.